The number of fused-ring (bicyclic) bond motifs is 1. The van der Waals surface area contributed by atoms with E-state index in [1.165, 1.54) is 5.57 Å². The highest BCUT2D eigenvalue weighted by atomic mass is 16.1. The predicted molar refractivity (Wildman–Crippen MR) is 60.1 cm³/mol. The summed E-state index contributed by atoms with van der Waals surface area (Å²) in [6, 6.07) is 0. The zero-order valence-electron chi connectivity index (χ0n) is 9.16. The third-order valence-corrected chi connectivity index (χ3v) is 2.77. The van der Waals surface area contributed by atoms with E-state index in [0.717, 1.165) is 18.7 Å². The molecule has 0 spiro atoms. The average Bonchev–Trinajstić information content (AvgIpc) is 2.59. The first-order chi connectivity index (χ1) is 7.18. The summed E-state index contributed by atoms with van der Waals surface area (Å²) in [5.41, 5.74) is 2.22. The van der Waals surface area contributed by atoms with E-state index < -0.39 is 0 Å². The largest absolute Gasteiger partial charge is 0.364 e. The molecule has 1 N–H and O–H groups in total. The topological polar surface area (TPSA) is 32.3 Å². The summed E-state index contributed by atoms with van der Waals surface area (Å²) in [6.45, 7) is 0.980. The van der Waals surface area contributed by atoms with E-state index in [9.17, 15) is 4.79 Å². The first-order valence-corrected chi connectivity index (χ1v) is 5.21. The van der Waals surface area contributed by atoms with E-state index in [1.54, 1.807) is 6.08 Å². The maximum atomic E-state index is 11.7. The Hall–Kier alpha value is -1.35. The van der Waals surface area contributed by atoms with Crippen LogP contribution >= 0.6 is 0 Å². The minimum atomic E-state index is -0.0325. The van der Waals surface area contributed by atoms with Gasteiger partial charge in [-0.15, -0.1) is 0 Å². The number of nitrogens with one attached hydrogen (secondary N) is 1. The molecule has 0 saturated carbocycles. The molecule has 1 aliphatic carbocycles. The number of hydrogen-bond donors (Lipinski definition) is 1. The molecule has 3 nitrogen and oxygen atoms in total. The minimum Gasteiger partial charge on any atom is -0.364 e. The van der Waals surface area contributed by atoms with Gasteiger partial charge in [-0.05, 0) is 38.2 Å². The first kappa shape index (κ1) is 10.2. The number of carbonyl (C=O) groups excluding carboxylic acids is 1. The van der Waals surface area contributed by atoms with Crippen LogP contribution in [0.1, 0.15) is 6.42 Å². The molecule has 3 heteroatoms. The van der Waals surface area contributed by atoms with Crippen molar-refractivity contribution in [2.75, 3.05) is 20.6 Å². The predicted octanol–water partition coefficient (Wildman–Crippen LogP) is 1.06. The van der Waals surface area contributed by atoms with E-state index in [0.29, 0.717) is 0 Å². The van der Waals surface area contributed by atoms with Crippen molar-refractivity contribution in [2.45, 2.75) is 6.42 Å². The van der Waals surface area contributed by atoms with Gasteiger partial charge in [0.1, 0.15) is 0 Å². The number of carbonyl (C=O) groups is 1. The fourth-order valence-electron chi connectivity index (χ4n) is 1.93. The van der Waals surface area contributed by atoms with Gasteiger partial charge in [0.05, 0.1) is 5.92 Å². The van der Waals surface area contributed by atoms with Gasteiger partial charge in [-0.2, -0.15) is 0 Å². The summed E-state index contributed by atoms with van der Waals surface area (Å²) >= 11 is 0. The standard InChI is InChI=1S/C12H16N2O/c1-14(2)7-6-9-8-13-10-4-3-5-11(15)12(9)10/h3-5,8,12-13H,6-7H2,1-2H3. The Morgan fingerprint density at radius 3 is 3.00 bits per heavy atom. The fourth-order valence-corrected chi connectivity index (χ4v) is 1.93. The zero-order valence-corrected chi connectivity index (χ0v) is 9.16. The van der Waals surface area contributed by atoms with E-state index >= 15 is 0 Å². The zero-order chi connectivity index (χ0) is 10.8. The minimum absolute atomic E-state index is 0.0325. The normalized spacial score (nSPS) is 23.7. The molecule has 2 aliphatic rings. The van der Waals surface area contributed by atoms with Crippen LogP contribution in [0, 0.1) is 5.92 Å². The molecule has 0 fully saturated rings. The maximum absolute atomic E-state index is 11.7. The molecule has 0 aromatic carbocycles. The van der Waals surface area contributed by atoms with Crippen LogP contribution in [0.4, 0.5) is 0 Å². The van der Waals surface area contributed by atoms with Crippen LogP contribution in [0.25, 0.3) is 0 Å². The molecule has 0 aromatic rings. The fraction of sp³-hybridized carbons (Fsp3) is 0.417. The quantitative estimate of drug-likeness (QED) is 0.746. The van der Waals surface area contributed by atoms with Crippen molar-refractivity contribution in [3.63, 3.8) is 0 Å². The summed E-state index contributed by atoms with van der Waals surface area (Å²) in [5.74, 6) is 0.164. The lowest BCUT2D eigenvalue weighted by atomic mass is 9.89. The maximum Gasteiger partial charge on any atom is 0.168 e. The smallest absolute Gasteiger partial charge is 0.168 e. The molecule has 0 radical (unpaired) electrons. The van der Waals surface area contributed by atoms with Crippen LogP contribution in [0.2, 0.25) is 0 Å². The molecule has 2 rings (SSSR count). The lowest BCUT2D eigenvalue weighted by molar-refractivity contribution is -0.116. The molecule has 0 bridgehead atoms. The molecule has 1 unspecified atom stereocenters. The van der Waals surface area contributed by atoms with Crippen LogP contribution < -0.4 is 5.32 Å². The summed E-state index contributed by atoms with van der Waals surface area (Å²) in [4.78, 5) is 13.8. The highest BCUT2D eigenvalue weighted by molar-refractivity contribution is 5.98. The summed E-state index contributed by atoms with van der Waals surface area (Å²) in [5, 5.41) is 3.17. The molecule has 1 atom stereocenters. The van der Waals surface area contributed by atoms with Gasteiger partial charge in [0.15, 0.2) is 5.78 Å². The second kappa shape index (κ2) is 4.03. The van der Waals surface area contributed by atoms with Crippen molar-refractivity contribution in [1.29, 1.82) is 0 Å². The van der Waals surface area contributed by atoms with E-state index in [-0.39, 0.29) is 11.7 Å². The number of allylic oxidation sites excluding steroid dienone is 4. The van der Waals surface area contributed by atoms with Gasteiger partial charge < -0.3 is 10.2 Å². The van der Waals surface area contributed by atoms with Gasteiger partial charge in [-0.25, -0.2) is 0 Å². The van der Waals surface area contributed by atoms with E-state index in [4.69, 9.17) is 0 Å². The van der Waals surface area contributed by atoms with Crippen LogP contribution in [0.3, 0.4) is 0 Å². The monoisotopic (exact) mass is 204 g/mol. The molecular weight excluding hydrogens is 188 g/mol. The van der Waals surface area contributed by atoms with Gasteiger partial charge in [0.2, 0.25) is 0 Å². The highest BCUT2D eigenvalue weighted by Crippen LogP contribution is 2.30. The lowest BCUT2D eigenvalue weighted by Crippen LogP contribution is -2.21. The second-order valence-corrected chi connectivity index (χ2v) is 4.23. The van der Waals surface area contributed by atoms with Crippen molar-refractivity contribution in [3.8, 4) is 0 Å². The second-order valence-electron chi connectivity index (χ2n) is 4.23. The molecule has 1 aliphatic heterocycles. The Morgan fingerprint density at radius 2 is 2.27 bits per heavy atom. The Labute approximate surface area is 90.1 Å². The van der Waals surface area contributed by atoms with Gasteiger partial charge in [0.25, 0.3) is 0 Å². The molecule has 15 heavy (non-hydrogen) atoms. The summed E-state index contributed by atoms with van der Waals surface area (Å²) < 4.78 is 0. The van der Waals surface area contributed by atoms with Gasteiger partial charge in [-0.3, -0.25) is 4.79 Å². The van der Waals surface area contributed by atoms with Crippen LogP contribution in [0.5, 0.6) is 0 Å². The van der Waals surface area contributed by atoms with Gasteiger partial charge in [0, 0.05) is 18.4 Å². The SMILES string of the molecule is CN(C)CCC1=CNC2=CC=CC(=O)C12. The molecule has 80 valence electrons. The Morgan fingerprint density at radius 1 is 1.47 bits per heavy atom. The number of hydrogen-bond acceptors (Lipinski definition) is 3. The van der Waals surface area contributed by atoms with E-state index in [2.05, 4.69) is 10.2 Å². The van der Waals surface area contributed by atoms with Gasteiger partial charge >= 0.3 is 0 Å². The lowest BCUT2D eigenvalue weighted by Gasteiger charge is -2.17. The first-order valence-electron chi connectivity index (χ1n) is 5.21. The third-order valence-electron chi connectivity index (χ3n) is 2.77. The number of ketones is 1. The Balaban J connectivity index is 2.06. The number of rotatable bonds is 3. The van der Waals surface area contributed by atoms with Crippen molar-refractivity contribution in [2.24, 2.45) is 5.92 Å². The molecular formula is C12H16N2O. The molecule has 1 heterocycles. The highest BCUT2D eigenvalue weighted by Gasteiger charge is 2.30. The average molecular weight is 204 g/mol. The van der Waals surface area contributed by atoms with Crippen molar-refractivity contribution >= 4 is 5.78 Å². The van der Waals surface area contributed by atoms with Crippen LogP contribution in [-0.2, 0) is 4.79 Å². The number of nitrogens with zero attached hydrogens (tertiary/aromatic N) is 1. The van der Waals surface area contributed by atoms with Crippen LogP contribution in [0.15, 0.2) is 35.7 Å². The van der Waals surface area contributed by atoms with E-state index in [1.807, 2.05) is 32.4 Å². The van der Waals surface area contributed by atoms with Crippen molar-refractivity contribution in [1.82, 2.24) is 10.2 Å². The Bertz CT molecular complexity index is 364. The summed E-state index contributed by atoms with van der Waals surface area (Å²) in [7, 11) is 4.09. The molecule has 0 aromatic heterocycles. The molecule has 0 saturated heterocycles. The third kappa shape index (κ3) is 2.02. The van der Waals surface area contributed by atoms with Gasteiger partial charge in [-0.1, -0.05) is 6.08 Å². The van der Waals surface area contributed by atoms with Crippen molar-refractivity contribution < 1.29 is 4.79 Å². The Kier molecular flexibility index (Phi) is 2.73. The van der Waals surface area contributed by atoms with Crippen molar-refractivity contribution in [3.05, 3.63) is 35.7 Å². The summed E-state index contributed by atoms with van der Waals surface area (Å²) in [6.07, 6.45) is 8.37. The van der Waals surface area contributed by atoms with Crippen LogP contribution in [-0.4, -0.2) is 31.3 Å². The molecule has 0 amide bonds.